The highest BCUT2D eigenvalue weighted by Crippen LogP contribution is 2.42. The predicted octanol–water partition coefficient (Wildman–Crippen LogP) is 3.43. The number of benzene rings is 1. The first-order chi connectivity index (χ1) is 9.67. The van der Waals surface area contributed by atoms with Crippen molar-refractivity contribution in [2.75, 3.05) is 6.61 Å². The average molecular weight is 277 g/mol. The van der Waals surface area contributed by atoms with Gasteiger partial charge in [-0.2, -0.15) is 0 Å². The molecule has 1 aromatic carbocycles. The minimum atomic E-state index is -0.182. The van der Waals surface area contributed by atoms with Crippen molar-refractivity contribution in [2.24, 2.45) is 11.7 Å². The molecule has 0 amide bonds. The lowest BCUT2D eigenvalue weighted by Gasteiger charge is -2.40. The van der Waals surface area contributed by atoms with E-state index in [0.29, 0.717) is 5.92 Å². The zero-order valence-electron chi connectivity index (χ0n) is 12.0. The molecule has 1 aliphatic carbocycles. The fourth-order valence-electron chi connectivity index (χ4n) is 3.86. The van der Waals surface area contributed by atoms with Gasteiger partial charge in [-0.1, -0.05) is 25.0 Å². The van der Waals surface area contributed by atoms with Gasteiger partial charge in [0.05, 0.1) is 5.60 Å². The molecule has 3 heteroatoms. The molecular formula is C17H24FNO. The maximum atomic E-state index is 12.9. The van der Waals surface area contributed by atoms with E-state index in [-0.39, 0.29) is 17.5 Å². The molecule has 2 N–H and O–H groups in total. The summed E-state index contributed by atoms with van der Waals surface area (Å²) in [7, 11) is 0. The molecule has 3 rings (SSSR count). The van der Waals surface area contributed by atoms with Gasteiger partial charge in [0, 0.05) is 12.6 Å². The van der Waals surface area contributed by atoms with E-state index in [1.54, 1.807) is 0 Å². The smallest absolute Gasteiger partial charge is 0.123 e. The standard InChI is InChI=1S/C17H24FNO/c18-15-5-3-13(4-6-15)11-16(19)14-7-10-20-17(12-14)8-1-2-9-17/h3-6,14,16H,1-2,7-12,19H2. The van der Waals surface area contributed by atoms with Crippen LogP contribution in [-0.2, 0) is 11.2 Å². The first-order valence-electron chi connectivity index (χ1n) is 7.81. The second kappa shape index (κ2) is 5.82. The quantitative estimate of drug-likeness (QED) is 0.918. The number of ether oxygens (including phenoxy) is 1. The lowest BCUT2D eigenvalue weighted by Crippen LogP contribution is -2.44. The van der Waals surface area contributed by atoms with E-state index in [0.717, 1.165) is 31.4 Å². The molecule has 2 aliphatic rings. The summed E-state index contributed by atoms with van der Waals surface area (Å²) in [4.78, 5) is 0. The molecule has 2 atom stereocenters. The minimum absolute atomic E-state index is 0.128. The second-order valence-corrected chi connectivity index (χ2v) is 6.49. The van der Waals surface area contributed by atoms with Crippen LogP contribution < -0.4 is 5.73 Å². The van der Waals surface area contributed by atoms with Gasteiger partial charge < -0.3 is 10.5 Å². The van der Waals surface area contributed by atoms with Gasteiger partial charge in [0.1, 0.15) is 5.82 Å². The van der Waals surface area contributed by atoms with Crippen LogP contribution in [0.3, 0.4) is 0 Å². The van der Waals surface area contributed by atoms with Crippen LogP contribution in [0.2, 0.25) is 0 Å². The third kappa shape index (κ3) is 3.04. The van der Waals surface area contributed by atoms with Gasteiger partial charge in [-0.15, -0.1) is 0 Å². The van der Waals surface area contributed by atoms with E-state index < -0.39 is 0 Å². The fourth-order valence-corrected chi connectivity index (χ4v) is 3.86. The summed E-state index contributed by atoms with van der Waals surface area (Å²) in [6.07, 6.45) is 7.99. The Hall–Kier alpha value is -0.930. The predicted molar refractivity (Wildman–Crippen MR) is 78.0 cm³/mol. The van der Waals surface area contributed by atoms with Crippen LogP contribution in [0, 0.1) is 11.7 Å². The van der Waals surface area contributed by atoms with E-state index in [2.05, 4.69) is 0 Å². The van der Waals surface area contributed by atoms with Crippen molar-refractivity contribution in [2.45, 2.75) is 56.6 Å². The van der Waals surface area contributed by atoms with E-state index in [9.17, 15) is 4.39 Å². The average Bonchev–Trinajstić information content (AvgIpc) is 2.89. The summed E-state index contributed by atoms with van der Waals surface area (Å²) in [5.74, 6) is 0.352. The maximum Gasteiger partial charge on any atom is 0.123 e. The van der Waals surface area contributed by atoms with Crippen molar-refractivity contribution in [1.29, 1.82) is 0 Å². The Morgan fingerprint density at radius 3 is 2.65 bits per heavy atom. The number of rotatable bonds is 3. The van der Waals surface area contributed by atoms with Gasteiger partial charge >= 0.3 is 0 Å². The van der Waals surface area contributed by atoms with Gasteiger partial charge in [-0.05, 0) is 55.7 Å². The zero-order chi connectivity index (χ0) is 14.0. The molecule has 0 aromatic heterocycles. The fraction of sp³-hybridized carbons (Fsp3) is 0.647. The Morgan fingerprint density at radius 2 is 1.95 bits per heavy atom. The molecule has 1 saturated carbocycles. The van der Waals surface area contributed by atoms with Crippen LogP contribution in [0.25, 0.3) is 0 Å². The Balaban J connectivity index is 1.61. The number of nitrogens with two attached hydrogens (primary N) is 1. The second-order valence-electron chi connectivity index (χ2n) is 6.49. The van der Waals surface area contributed by atoms with E-state index >= 15 is 0 Å². The summed E-state index contributed by atoms with van der Waals surface area (Å²) < 4.78 is 19.0. The Labute approximate surface area is 120 Å². The first-order valence-corrected chi connectivity index (χ1v) is 7.81. The normalized spacial score (nSPS) is 26.8. The van der Waals surface area contributed by atoms with E-state index in [1.165, 1.54) is 37.8 Å². The molecule has 2 fully saturated rings. The Kier molecular flexibility index (Phi) is 4.08. The van der Waals surface area contributed by atoms with Crippen molar-refractivity contribution < 1.29 is 9.13 Å². The van der Waals surface area contributed by atoms with Gasteiger partial charge in [0.2, 0.25) is 0 Å². The van der Waals surface area contributed by atoms with Gasteiger partial charge in [-0.3, -0.25) is 0 Å². The third-order valence-electron chi connectivity index (χ3n) is 5.04. The topological polar surface area (TPSA) is 35.2 Å². The van der Waals surface area contributed by atoms with Crippen LogP contribution in [0.5, 0.6) is 0 Å². The summed E-state index contributed by atoms with van der Waals surface area (Å²) in [6.45, 7) is 0.849. The van der Waals surface area contributed by atoms with E-state index in [4.69, 9.17) is 10.5 Å². The Bertz CT molecular complexity index is 439. The third-order valence-corrected chi connectivity index (χ3v) is 5.04. The van der Waals surface area contributed by atoms with Crippen molar-refractivity contribution in [3.63, 3.8) is 0 Å². The number of hydrogen-bond acceptors (Lipinski definition) is 2. The van der Waals surface area contributed by atoms with Crippen LogP contribution in [-0.4, -0.2) is 18.2 Å². The highest BCUT2D eigenvalue weighted by atomic mass is 19.1. The molecule has 20 heavy (non-hydrogen) atoms. The van der Waals surface area contributed by atoms with Crippen molar-refractivity contribution in [3.05, 3.63) is 35.6 Å². The van der Waals surface area contributed by atoms with E-state index in [1.807, 2.05) is 12.1 Å². The SMILES string of the molecule is NC(Cc1ccc(F)cc1)C1CCOC2(CCCC2)C1. The summed E-state index contributed by atoms with van der Waals surface area (Å²) in [5.41, 5.74) is 7.68. The first kappa shape index (κ1) is 14.0. The lowest BCUT2D eigenvalue weighted by atomic mass is 9.79. The molecule has 0 bridgehead atoms. The van der Waals surface area contributed by atoms with Crippen LogP contribution in [0.4, 0.5) is 4.39 Å². The molecule has 2 unspecified atom stereocenters. The zero-order valence-corrected chi connectivity index (χ0v) is 12.0. The number of hydrogen-bond donors (Lipinski definition) is 1. The van der Waals surface area contributed by atoms with Gasteiger partial charge in [0.15, 0.2) is 0 Å². The number of halogens is 1. The summed E-state index contributed by atoms with van der Waals surface area (Å²) in [6, 6.07) is 6.89. The molecule has 2 nitrogen and oxygen atoms in total. The molecule has 0 radical (unpaired) electrons. The van der Waals surface area contributed by atoms with Crippen molar-refractivity contribution >= 4 is 0 Å². The minimum Gasteiger partial charge on any atom is -0.375 e. The monoisotopic (exact) mass is 277 g/mol. The van der Waals surface area contributed by atoms with Gasteiger partial charge in [-0.25, -0.2) is 4.39 Å². The van der Waals surface area contributed by atoms with Crippen molar-refractivity contribution in [1.82, 2.24) is 0 Å². The summed E-state index contributed by atoms with van der Waals surface area (Å²) >= 11 is 0. The van der Waals surface area contributed by atoms with Crippen LogP contribution >= 0.6 is 0 Å². The molecule has 1 saturated heterocycles. The van der Waals surface area contributed by atoms with Crippen LogP contribution in [0.1, 0.15) is 44.1 Å². The summed E-state index contributed by atoms with van der Waals surface area (Å²) in [5, 5.41) is 0. The van der Waals surface area contributed by atoms with Gasteiger partial charge in [0.25, 0.3) is 0 Å². The highest BCUT2D eigenvalue weighted by molar-refractivity contribution is 5.17. The van der Waals surface area contributed by atoms with Crippen LogP contribution in [0.15, 0.2) is 24.3 Å². The van der Waals surface area contributed by atoms with Crippen molar-refractivity contribution in [3.8, 4) is 0 Å². The molecule has 110 valence electrons. The molecule has 1 spiro atoms. The molecule has 1 aliphatic heterocycles. The lowest BCUT2D eigenvalue weighted by molar-refractivity contribution is -0.0960. The Morgan fingerprint density at radius 1 is 1.25 bits per heavy atom. The highest BCUT2D eigenvalue weighted by Gasteiger charge is 2.41. The molecule has 1 aromatic rings. The largest absolute Gasteiger partial charge is 0.375 e. The maximum absolute atomic E-state index is 12.9. The molecule has 1 heterocycles. The molecular weight excluding hydrogens is 253 g/mol.